The van der Waals surface area contributed by atoms with E-state index in [9.17, 15) is 4.79 Å². The molecule has 5 nitrogen and oxygen atoms in total. The van der Waals surface area contributed by atoms with E-state index in [0.717, 1.165) is 23.1 Å². The number of anilines is 1. The normalized spacial score (nSPS) is 12.0. The SMILES string of the molecule is CC[C@H](C)c1ccc2oc(-c3cccc(NC(=O)c4cc(Cl)ccc4OC)c3)nc2c1. The number of nitrogens with one attached hydrogen (secondary N) is 1. The van der Waals surface area contributed by atoms with Gasteiger partial charge in [0.2, 0.25) is 5.89 Å². The Morgan fingerprint density at radius 3 is 2.77 bits per heavy atom. The van der Waals surface area contributed by atoms with Crippen LogP contribution in [0.2, 0.25) is 5.02 Å². The topological polar surface area (TPSA) is 64.4 Å². The minimum absolute atomic E-state index is 0.313. The average molecular weight is 435 g/mol. The number of methoxy groups -OCH3 is 1. The number of oxazole rings is 1. The third-order valence-electron chi connectivity index (χ3n) is 5.37. The van der Waals surface area contributed by atoms with Gasteiger partial charge in [-0.2, -0.15) is 0 Å². The van der Waals surface area contributed by atoms with Crippen molar-refractivity contribution in [3.8, 4) is 17.2 Å². The number of halogens is 1. The Hall–Kier alpha value is -3.31. The lowest BCUT2D eigenvalue weighted by Crippen LogP contribution is -2.13. The molecule has 0 aliphatic rings. The van der Waals surface area contributed by atoms with Crippen molar-refractivity contribution < 1.29 is 13.9 Å². The molecule has 3 aromatic carbocycles. The van der Waals surface area contributed by atoms with Gasteiger partial charge < -0.3 is 14.5 Å². The lowest BCUT2D eigenvalue weighted by Gasteiger charge is -2.10. The second-order valence-corrected chi connectivity index (χ2v) is 7.87. The smallest absolute Gasteiger partial charge is 0.259 e. The number of amides is 1. The van der Waals surface area contributed by atoms with Gasteiger partial charge in [-0.15, -0.1) is 0 Å². The zero-order valence-electron chi connectivity index (χ0n) is 17.6. The van der Waals surface area contributed by atoms with Crippen molar-refractivity contribution in [1.82, 2.24) is 4.98 Å². The summed E-state index contributed by atoms with van der Waals surface area (Å²) < 4.78 is 11.2. The fourth-order valence-electron chi connectivity index (χ4n) is 3.40. The van der Waals surface area contributed by atoms with Gasteiger partial charge in [0, 0.05) is 16.3 Å². The number of hydrogen-bond acceptors (Lipinski definition) is 4. The molecule has 0 aliphatic heterocycles. The van der Waals surface area contributed by atoms with Crippen molar-refractivity contribution in [3.05, 3.63) is 76.8 Å². The van der Waals surface area contributed by atoms with E-state index in [-0.39, 0.29) is 5.91 Å². The Morgan fingerprint density at radius 2 is 2.00 bits per heavy atom. The molecule has 4 aromatic rings. The Labute approximate surface area is 186 Å². The Kier molecular flexibility index (Phi) is 5.96. The van der Waals surface area contributed by atoms with Gasteiger partial charge in [0.25, 0.3) is 5.91 Å². The van der Waals surface area contributed by atoms with Crippen LogP contribution in [0.5, 0.6) is 5.75 Å². The molecule has 1 heterocycles. The molecule has 1 atom stereocenters. The van der Waals surface area contributed by atoms with Gasteiger partial charge in [0.1, 0.15) is 11.3 Å². The number of rotatable bonds is 6. The second-order valence-electron chi connectivity index (χ2n) is 7.44. The lowest BCUT2D eigenvalue weighted by atomic mass is 9.98. The quantitative estimate of drug-likeness (QED) is 0.357. The van der Waals surface area contributed by atoms with Crippen molar-refractivity contribution in [2.24, 2.45) is 0 Å². The molecule has 158 valence electrons. The number of fused-ring (bicyclic) bond motifs is 1. The highest BCUT2D eigenvalue weighted by atomic mass is 35.5. The molecule has 0 saturated heterocycles. The maximum atomic E-state index is 12.8. The molecule has 1 aromatic heterocycles. The summed E-state index contributed by atoms with van der Waals surface area (Å²) in [6.07, 6.45) is 1.06. The van der Waals surface area contributed by atoms with Gasteiger partial charge in [-0.25, -0.2) is 4.98 Å². The molecular formula is C25H23ClN2O3. The molecule has 0 radical (unpaired) electrons. The summed E-state index contributed by atoms with van der Waals surface area (Å²) in [5.74, 6) is 1.11. The largest absolute Gasteiger partial charge is 0.496 e. The van der Waals surface area contributed by atoms with Gasteiger partial charge in [-0.3, -0.25) is 4.79 Å². The number of benzene rings is 3. The molecule has 4 rings (SSSR count). The van der Waals surface area contributed by atoms with Gasteiger partial charge in [-0.05, 0) is 66.4 Å². The molecule has 6 heteroatoms. The fraction of sp³-hybridized carbons (Fsp3) is 0.200. The van der Waals surface area contributed by atoms with E-state index in [1.807, 2.05) is 30.3 Å². The Balaban J connectivity index is 1.61. The number of carbonyl (C=O) groups excluding carboxylic acids is 1. The highest BCUT2D eigenvalue weighted by molar-refractivity contribution is 6.31. The van der Waals surface area contributed by atoms with Crippen molar-refractivity contribution in [2.45, 2.75) is 26.2 Å². The Morgan fingerprint density at radius 1 is 1.16 bits per heavy atom. The molecule has 1 N–H and O–H groups in total. The van der Waals surface area contributed by atoms with E-state index in [1.54, 1.807) is 18.2 Å². The number of nitrogens with zero attached hydrogens (tertiary/aromatic N) is 1. The van der Waals surface area contributed by atoms with E-state index in [2.05, 4.69) is 36.3 Å². The molecule has 0 spiro atoms. The first kappa shape index (κ1) is 20.9. The van der Waals surface area contributed by atoms with Crippen molar-refractivity contribution in [2.75, 3.05) is 12.4 Å². The van der Waals surface area contributed by atoms with Crippen LogP contribution >= 0.6 is 11.6 Å². The molecule has 0 bridgehead atoms. The number of ether oxygens (including phenoxy) is 1. The third-order valence-corrected chi connectivity index (χ3v) is 5.60. The predicted molar refractivity (Wildman–Crippen MR) is 124 cm³/mol. The van der Waals surface area contributed by atoms with Crippen molar-refractivity contribution in [1.29, 1.82) is 0 Å². The van der Waals surface area contributed by atoms with Crippen LogP contribution in [0.25, 0.3) is 22.6 Å². The summed E-state index contributed by atoms with van der Waals surface area (Å²) in [6, 6.07) is 18.4. The predicted octanol–water partition coefficient (Wildman–Crippen LogP) is 6.92. The first-order chi connectivity index (χ1) is 15.0. The summed E-state index contributed by atoms with van der Waals surface area (Å²) in [7, 11) is 1.51. The van der Waals surface area contributed by atoms with E-state index in [1.165, 1.54) is 12.7 Å². The maximum Gasteiger partial charge on any atom is 0.259 e. The van der Waals surface area contributed by atoms with Crippen LogP contribution in [-0.2, 0) is 0 Å². The first-order valence-corrected chi connectivity index (χ1v) is 10.5. The van der Waals surface area contributed by atoms with E-state index >= 15 is 0 Å². The van der Waals surface area contributed by atoms with E-state index in [4.69, 9.17) is 20.8 Å². The zero-order valence-corrected chi connectivity index (χ0v) is 18.4. The van der Waals surface area contributed by atoms with Gasteiger partial charge in [-0.1, -0.05) is 37.6 Å². The van der Waals surface area contributed by atoms with Crippen LogP contribution in [-0.4, -0.2) is 18.0 Å². The van der Waals surface area contributed by atoms with Crippen LogP contribution in [0, 0.1) is 0 Å². The monoisotopic (exact) mass is 434 g/mol. The first-order valence-electron chi connectivity index (χ1n) is 10.1. The molecular weight excluding hydrogens is 412 g/mol. The highest BCUT2D eigenvalue weighted by Gasteiger charge is 2.15. The number of hydrogen-bond donors (Lipinski definition) is 1. The second kappa shape index (κ2) is 8.82. The summed E-state index contributed by atoms with van der Waals surface area (Å²) in [4.78, 5) is 17.4. The van der Waals surface area contributed by atoms with Gasteiger partial charge in [0.15, 0.2) is 5.58 Å². The molecule has 1 amide bonds. The Bertz CT molecular complexity index is 1250. The van der Waals surface area contributed by atoms with Crippen LogP contribution in [0.4, 0.5) is 5.69 Å². The zero-order chi connectivity index (χ0) is 22.0. The van der Waals surface area contributed by atoms with Crippen LogP contribution in [0.15, 0.2) is 65.1 Å². The van der Waals surface area contributed by atoms with Crippen LogP contribution in [0.1, 0.15) is 42.1 Å². The summed E-state index contributed by atoms with van der Waals surface area (Å²) in [5, 5.41) is 3.35. The van der Waals surface area contributed by atoms with Crippen molar-refractivity contribution in [3.63, 3.8) is 0 Å². The van der Waals surface area contributed by atoms with E-state index in [0.29, 0.717) is 33.8 Å². The van der Waals surface area contributed by atoms with Gasteiger partial charge >= 0.3 is 0 Å². The summed E-state index contributed by atoms with van der Waals surface area (Å²) in [5.41, 5.74) is 4.56. The van der Waals surface area contributed by atoms with Crippen LogP contribution < -0.4 is 10.1 Å². The van der Waals surface area contributed by atoms with E-state index < -0.39 is 0 Å². The highest BCUT2D eigenvalue weighted by Crippen LogP contribution is 2.30. The van der Waals surface area contributed by atoms with Crippen LogP contribution in [0.3, 0.4) is 0 Å². The summed E-state index contributed by atoms with van der Waals surface area (Å²) in [6.45, 7) is 4.37. The molecule has 31 heavy (non-hydrogen) atoms. The molecule has 0 fully saturated rings. The number of aromatic nitrogens is 1. The summed E-state index contributed by atoms with van der Waals surface area (Å²) >= 11 is 6.05. The average Bonchev–Trinajstić information content (AvgIpc) is 3.22. The lowest BCUT2D eigenvalue weighted by molar-refractivity contribution is 0.102. The fourth-order valence-corrected chi connectivity index (χ4v) is 3.57. The molecule has 0 aliphatic carbocycles. The number of carbonyl (C=O) groups is 1. The molecule has 0 saturated carbocycles. The standard InChI is InChI=1S/C25H23ClN2O3/c1-4-15(2)16-8-10-23-21(13-16)28-25(31-23)17-6-5-7-19(12-17)27-24(29)20-14-18(26)9-11-22(20)30-3/h5-15H,4H2,1-3H3,(H,27,29)/t15-/m0/s1. The van der Waals surface area contributed by atoms with Crippen molar-refractivity contribution >= 4 is 34.3 Å². The maximum absolute atomic E-state index is 12.8. The molecule has 0 unspecified atom stereocenters. The minimum atomic E-state index is -0.313. The third kappa shape index (κ3) is 4.42. The minimum Gasteiger partial charge on any atom is -0.496 e. The van der Waals surface area contributed by atoms with Gasteiger partial charge in [0.05, 0.1) is 12.7 Å².